The molecule has 0 amide bonds. The van der Waals surface area contributed by atoms with Crippen LogP contribution < -0.4 is 5.32 Å². The molecular formula is C18H34N2. The molecule has 2 heteroatoms. The van der Waals surface area contributed by atoms with Crippen molar-refractivity contribution in [3.05, 3.63) is 0 Å². The van der Waals surface area contributed by atoms with Gasteiger partial charge in [-0.1, -0.05) is 20.3 Å². The van der Waals surface area contributed by atoms with Gasteiger partial charge in [-0.05, 0) is 63.2 Å². The quantitative estimate of drug-likeness (QED) is 0.846. The minimum Gasteiger partial charge on any atom is -0.311 e. The van der Waals surface area contributed by atoms with E-state index in [-0.39, 0.29) is 0 Å². The van der Waals surface area contributed by atoms with Gasteiger partial charge in [0.25, 0.3) is 0 Å². The fourth-order valence-electron chi connectivity index (χ4n) is 5.38. The maximum Gasteiger partial charge on any atom is 0.0198 e. The molecule has 2 nitrogen and oxygen atoms in total. The maximum absolute atomic E-state index is 3.77. The van der Waals surface area contributed by atoms with Crippen LogP contribution >= 0.6 is 0 Å². The Morgan fingerprint density at radius 3 is 2.55 bits per heavy atom. The summed E-state index contributed by atoms with van der Waals surface area (Å²) in [6.45, 7) is 12.1. The number of piperazine rings is 1. The average Bonchev–Trinajstić information content (AvgIpc) is 3.02. The molecule has 2 aliphatic carbocycles. The molecule has 1 saturated heterocycles. The van der Waals surface area contributed by atoms with Crippen LogP contribution in [-0.4, -0.2) is 36.1 Å². The van der Waals surface area contributed by atoms with Gasteiger partial charge in [-0.3, -0.25) is 4.90 Å². The lowest BCUT2D eigenvalue weighted by molar-refractivity contribution is 0.0469. The molecule has 2 bridgehead atoms. The van der Waals surface area contributed by atoms with Crippen molar-refractivity contribution < 1.29 is 0 Å². The van der Waals surface area contributed by atoms with Crippen molar-refractivity contribution in [3.8, 4) is 0 Å². The number of hydrogen-bond donors (Lipinski definition) is 1. The van der Waals surface area contributed by atoms with Crippen molar-refractivity contribution in [1.29, 1.82) is 0 Å². The third-order valence-corrected chi connectivity index (χ3v) is 6.39. The van der Waals surface area contributed by atoms with Crippen molar-refractivity contribution in [2.24, 2.45) is 23.7 Å². The molecule has 3 rings (SSSR count). The topological polar surface area (TPSA) is 15.3 Å². The van der Waals surface area contributed by atoms with E-state index in [1.807, 2.05) is 0 Å². The first kappa shape index (κ1) is 14.8. The number of rotatable bonds is 4. The van der Waals surface area contributed by atoms with E-state index in [4.69, 9.17) is 0 Å². The molecule has 0 spiro atoms. The van der Waals surface area contributed by atoms with E-state index < -0.39 is 0 Å². The Bertz CT molecular complexity index is 327. The van der Waals surface area contributed by atoms with E-state index in [0.29, 0.717) is 12.1 Å². The standard InChI is InChI=1S/C18H34N2/c1-12(2)7-17-11-20(13(3)10-19-17)14(4)18-9-15-5-6-16(18)8-15/h12-19H,5-11H2,1-4H3. The Morgan fingerprint density at radius 2 is 1.95 bits per heavy atom. The highest BCUT2D eigenvalue weighted by atomic mass is 15.3. The molecule has 6 atom stereocenters. The van der Waals surface area contributed by atoms with Gasteiger partial charge < -0.3 is 5.32 Å². The van der Waals surface area contributed by atoms with Gasteiger partial charge in [-0.15, -0.1) is 0 Å². The molecule has 0 radical (unpaired) electrons. The van der Waals surface area contributed by atoms with Gasteiger partial charge in [0.1, 0.15) is 0 Å². The van der Waals surface area contributed by atoms with E-state index in [1.165, 1.54) is 38.8 Å². The summed E-state index contributed by atoms with van der Waals surface area (Å²) in [6, 6.07) is 2.23. The number of hydrogen-bond acceptors (Lipinski definition) is 2. The Balaban J connectivity index is 1.61. The molecule has 1 N–H and O–H groups in total. The Labute approximate surface area is 125 Å². The summed E-state index contributed by atoms with van der Waals surface area (Å²) in [5.41, 5.74) is 0. The predicted octanol–water partition coefficient (Wildman–Crippen LogP) is 3.52. The van der Waals surface area contributed by atoms with Gasteiger partial charge in [-0.25, -0.2) is 0 Å². The summed E-state index contributed by atoms with van der Waals surface area (Å²) in [6.07, 6.45) is 7.45. The Hall–Kier alpha value is -0.0800. The van der Waals surface area contributed by atoms with Crippen LogP contribution in [0.4, 0.5) is 0 Å². The van der Waals surface area contributed by atoms with Gasteiger partial charge in [0, 0.05) is 31.2 Å². The Morgan fingerprint density at radius 1 is 1.15 bits per heavy atom. The van der Waals surface area contributed by atoms with Crippen molar-refractivity contribution in [1.82, 2.24) is 10.2 Å². The van der Waals surface area contributed by atoms with Crippen LogP contribution in [0, 0.1) is 23.7 Å². The molecular weight excluding hydrogens is 244 g/mol. The lowest BCUT2D eigenvalue weighted by atomic mass is 9.82. The zero-order chi connectivity index (χ0) is 14.3. The smallest absolute Gasteiger partial charge is 0.0198 e. The number of nitrogens with zero attached hydrogens (tertiary/aromatic N) is 1. The fraction of sp³-hybridized carbons (Fsp3) is 1.00. The molecule has 0 aromatic heterocycles. The third kappa shape index (κ3) is 2.92. The second-order valence-corrected chi connectivity index (χ2v) is 8.36. The van der Waals surface area contributed by atoms with Gasteiger partial charge in [0.2, 0.25) is 0 Å². The SMILES string of the molecule is CC(C)CC1CN(C(C)C2CC3CCC2C3)C(C)CN1. The summed E-state index contributed by atoms with van der Waals surface area (Å²) < 4.78 is 0. The van der Waals surface area contributed by atoms with Crippen molar-refractivity contribution in [2.45, 2.75) is 77.9 Å². The van der Waals surface area contributed by atoms with E-state index in [2.05, 4.69) is 37.9 Å². The van der Waals surface area contributed by atoms with Crippen LogP contribution in [0.3, 0.4) is 0 Å². The highest BCUT2D eigenvalue weighted by molar-refractivity contribution is 4.97. The second-order valence-electron chi connectivity index (χ2n) is 8.36. The second kappa shape index (κ2) is 5.96. The molecule has 1 heterocycles. The van der Waals surface area contributed by atoms with Crippen LogP contribution in [0.2, 0.25) is 0 Å². The van der Waals surface area contributed by atoms with Crippen LogP contribution in [0.25, 0.3) is 0 Å². The first-order valence-electron chi connectivity index (χ1n) is 9.03. The molecule has 0 aromatic rings. The normalized spacial score (nSPS) is 43.4. The summed E-state index contributed by atoms with van der Waals surface area (Å²) in [4.78, 5) is 2.84. The van der Waals surface area contributed by atoms with E-state index >= 15 is 0 Å². The zero-order valence-electron chi connectivity index (χ0n) is 13.9. The third-order valence-electron chi connectivity index (χ3n) is 6.39. The highest BCUT2D eigenvalue weighted by Crippen LogP contribution is 2.50. The largest absolute Gasteiger partial charge is 0.311 e. The van der Waals surface area contributed by atoms with E-state index in [9.17, 15) is 0 Å². The molecule has 20 heavy (non-hydrogen) atoms. The van der Waals surface area contributed by atoms with Gasteiger partial charge >= 0.3 is 0 Å². The van der Waals surface area contributed by atoms with Crippen LogP contribution in [0.1, 0.15) is 59.8 Å². The molecule has 1 aliphatic heterocycles. The summed E-state index contributed by atoms with van der Waals surface area (Å²) in [5, 5.41) is 3.77. The van der Waals surface area contributed by atoms with Crippen LogP contribution in [0.15, 0.2) is 0 Å². The van der Waals surface area contributed by atoms with Crippen LogP contribution in [0.5, 0.6) is 0 Å². The molecule has 116 valence electrons. The molecule has 3 fully saturated rings. The average molecular weight is 278 g/mol. The molecule has 6 unspecified atom stereocenters. The van der Waals surface area contributed by atoms with E-state index in [1.54, 1.807) is 6.42 Å². The van der Waals surface area contributed by atoms with Crippen LogP contribution in [-0.2, 0) is 0 Å². The number of fused-ring (bicyclic) bond motifs is 2. The predicted molar refractivity (Wildman–Crippen MR) is 85.8 cm³/mol. The summed E-state index contributed by atoms with van der Waals surface area (Å²) in [5.74, 6) is 3.94. The van der Waals surface area contributed by atoms with Crippen molar-refractivity contribution >= 4 is 0 Å². The highest BCUT2D eigenvalue weighted by Gasteiger charge is 2.44. The van der Waals surface area contributed by atoms with Gasteiger partial charge in [0.05, 0.1) is 0 Å². The first-order chi connectivity index (χ1) is 9.54. The zero-order valence-corrected chi connectivity index (χ0v) is 13.9. The maximum atomic E-state index is 3.77. The molecule has 3 aliphatic rings. The molecule has 0 aromatic carbocycles. The molecule has 2 saturated carbocycles. The summed E-state index contributed by atoms with van der Waals surface area (Å²) >= 11 is 0. The van der Waals surface area contributed by atoms with Gasteiger partial charge in [-0.2, -0.15) is 0 Å². The van der Waals surface area contributed by atoms with Crippen molar-refractivity contribution in [3.63, 3.8) is 0 Å². The Kier molecular flexibility index (Phi) is 4.42. The minimum absolute atomic E-state index is 0.715. The monoisotopic (exact) mass is 278 g/mol. The summed E-state index contributed by atoms with van der Waals surface area (Å²) in [7, 11) is 0. The lowest BCUT2D eigenvalue weighted by Crippen LogP contribution is -2.59. The van der Waals surface area contributed by atoms with Gasteiger partial charge in [0.15, 0.2) is 0 Å². The first-order valence-corrected chi connectivity index (χ1v) is 9.03. The minimum atomic E-state index is 0.715. The number of nitrogens with one attached hydrogen (secondary N) is 1. The fourth-order valence-corrected chi connectivity index (χ4v) is 5.38. The van der Waals surface area contributed by atoms with E-state index in [0.717, 1.165) is 29.7 Å². The van der Waals surface area contributed by atoms with Crippen molar-refractivity contribution in [2.75, 3.05) is 13.1 Å². The lowest BCUT2D eigenvalue weighted by Gasteiger charge is -2.46.